The minimum absolute atomic E-state index is 0.110. The summed E-state index contributed by atoms with van der Waals surface area (Å²) < 4.78 is 11.0. The van der Waals surface area contributed by atoms with E-state index in [2.05, 4.69) is 30.4 Å². The van der Waals surface area contributed by atoms with Crippen LogP contribution in [0.4, 0.5) is 43.0 Å². The van der Waals surface area contributed by atoms with Crippen molar-refractivity contribution in [2.75, 3.05) is 49.2 Å². The van der Waals surface area contributed by atoms with Crippen molar-refractivity contribution < 1.29 is 28.9 Å². The van der Waals surface area contributed by atoms with Crippen molar-refractivity contribution in [2.24, 2.45) is 20.5 Å². The van der Waals surface area contributed by atoms with E-state index in [9.17, 15) is 29.8 Å². The fourth-order valence-electron chi connectivity index (χ4n) is 5.21. The number of anilines is 2. The number of thiazole rings is 2. The van der Waals surface area contributed by atoms with Gasteiger partial charge in [-0.25, -0.2) is 19.6 Å². The number of carbonyl (C=O) groups is 2. The molecule has 2 heterocycles. The van der Waals surface area contributed by atoms with Crippen LogP contribution in [0.15, 0.2) is 93.5 Å². The van der Waals surface area contributed by atoms with Gasteiger partial charge in [-0.1, -0.05) is 0 Å². The number of hydrogen-bond donors (Lipinski definition) is 0. The number of carbonyl (C=O) groups excluding carboxylic acids is 2. The molecule has 3 aromatic carbocycles. The maximum absolute atomic E-state index is 12.8. The number of hydrogen-bond acceptors (Lipinski definition) is 18. The van der Waals surface area contributed by atoms with Crippen LogP contribution >= 0.6 is 22.7 Å². The Morgan fingerprint density at radius 3 is 1.38 bits per heavy atom. The molecule has 0 aliphatic rings. The third kappa shape index (κ3) is 10.8. The molecule has 0 amide bonds. The molecule has 5 aromatic rings. The van der Waals surface area contributed by atoms with Gasteiger partial charge in [0.1, 0.15) is 25.6 Å². The van der Waals surface area contributed by atoms with Gasteiger partial charge in [0.2, 0.25) is 10.3 Å². The van der Waals surface area contributed by atoms with E-state index in [4.69, 9.17) is 9.47 Å². The number of benzene rings is 3. The van der Waals surface area contributed by atoms with Crippen molar-refractivity contribution in [3.63, 3.8) is 0 Å². The molecule has 0 bridgehead atoms. The zero-order valence-electron chi connectivity index (χ0n) is 30.7. The third-order valence-electron chi connectivity index (χ3n) is 8.21. The molecule has 0 unspecified atom stereocenters. The van der Waals surface area contributed by atoms with Gasteiger partial charge < -0.3 is 19.3 Å². The highest BCUT2D eigenvalue weighted by atomic mass is 32.1. The highest BCUT2D eigenvalue weighted by Gasteiger charge is 2.16. The second-order valence-electron chi connectivity index (χ2n) is 11.8. The van der Waals surface area contributed by atoms with Crippen LogP contribution in [0.3, 0.4) is 0 Å². The zero-order valence-corrected chi connectivity index (χ0v) is 32.4. The number of esters is 2. The number of ether oxygens (including phenoxy) is 2. The van der Waals surface area contributed by atoms with E-state index in [1.54, 1.807) is 12.1 Å². The second kappa shape index (κ2) is 19.2. The van der Waals surface area contributed by atoms with Gasteiger partial charge in [0.25, 0.3) is 0 Å². The van der Waals surface area contributed by atoms with Crippen molar-refractivity contribution >= 4 is 77.6 Å². The SMILES string of the molecule is CCN(CCOC(=O)c1ccc(C(=O)OCCN(CC)c2ccc(N=Nc3ncc([N+](=O)[O-])s3)c(C)c2)cc1)c1ccc(N=Nc2ncc([N+](=O)[O-])s2)c(C)c1. The van der Waals surface area contributed by atoms with E-state index in [-0.39, 0.29) is 33.5 Å². The average molecular weight is 801 g/mol. The van der Waals surface area contributed by atoms with Gasteiger partial charge in [-0.3, -0.25) is 20.2 Å². The molecule has 0 spiro atoms. The van der Waals surface area contributed by atoms with Gasteiger partial charge in [-0.05, 0) is 122 Å². The lowest BCUT2D eigenvalue weighted by molar-refractivity contribution is -0.380. The Kier molecular flexibility index (Phi) is 13.9. The first-order valence-corrected chi connectivity index (χ1v) is 18.8. The molecule has 56 heavy (non-hydrogen) atoms. The summed E-state index contributed by atoms with van der Waals surface area (Å²) in [5.41, 5.74) is 5.24. The van der Waals surface area contributed by atoms with Gasteiger partial charge in [-0.2, -0.15) is 0 Å². The van der Waals surface area contributed by atoms with Gasteiger partial charge in [0.15, 0.2) is 0 Å². The Morgan fingerprint density at radius 1 is 0.661 bits per heavy atom. The summed E-state index contributed by atoms with van der Waals surface area (Å²) >= 11 is 1.67. The summed E-state index contributed by atoms with van der Waals surface area (Å²) in [5.74, 6) is -1.05. The maximum atomic E-state index is 12.8. The van der Waals surface area contributed by atoms with Gasteiger partial charge >= 0.3 is 21.9 Å². The van der Waals surface area contributed by atoms with Crippen LogP contribution in [0.5, 0.6) is 0 Å². The maximum Gasteiger partial charge on any atom is 0.345 e. The van der Waals surface area contributed by atoms with Crippen molar-refractivity contribution in [2.45, 2.75) is 27.7 Å². The molecule has 18 nitrogen and oxygen atoms in total. The van der Waals surface area contributed by atoms with Crippen LogP contribution in [0.25, 0.3) is 0 Å². The average Bonchev–Trinajstić information content (AvgIpc) is 3.88. The molecule has 0 saturated carbocycles. The summed E-state index contributed by atoms with van der Waals surface area (Å²) in [4.78, 5) is 58.1. The van der Waals surface area contributed by atoms with E-state index in [0.717, 1.165) is 57.6 Å². The molecule has 0 radical (unpaired) electrons. The van der Waals surface area contributed by atoms with E-state index in [0.29, 0.717) is 48.7 Å². The van der Waals surface area contributed by atoms with Crippen molar-refractivity contribution in [3.05, 3.63) is 116 Å². The summed E-state index contributed by atoms with van der Waals surface area (Å²) in [6.07, 6.45) is 2.29. The smallest absolute Gasteiger partial charge is 0.345 e. The number of nitro groups is 2. The second-order valence-corrected chi connectivity index (χ2v) is 13.8. The molecule has 0 aliphatic carbocycles. The highest BCUT2D eigenvalue weighted by Crippen LogP contribution is 2.32. The van der Waals surface area contributed by atoms with E-state index in [1.807, 2.05) is 61.8 Å². The summed E-state index contributed by atoms with van der Waals surface area (Å²) in [7, 11) is 0. The number of nitrogens with zero attached hydrogens (tertiary/aromatic N) is 10. The number of aromatic nitrogens is 2. The first kappa shape index (κ1) is 40.6. The largest absolute Gasteiger partial charge is 0.460 e. The summed E-state index contributed by atoms with van der Waals surface area (Å²) in [6.45, 7) is 10.1. The van der Waals surface area contributed by atoms with Crippen LogP contribution < -0.4 is 9.80 Å². The van der Waals surface area contributed by atoms with Crippen LogP contribution in [0.1, 0.15) is 45.7 Å². The molecule has 20 heteroatoms. The van der Waals surface area contributed by atoms with Crippen LogP contribution in [-0.4, -0.2) is 71.1 Å². The molecule has 2 aromatic heterocycles. The first-order valence-electron chi connectivity index (χ1n) is 17.1. The van der Waals surface area contributed by atoms with Gasteiger partial charge in [-0.15, -0.1) is 20.5 Å². The molecule has 0 fully saturated rings. The Bertz CT molecular complexity index is 2100. The van der Waals surface area contributed by atoms with Crippen LogP contribution in [-0.2, 0) is 9.47 Å². The number of aryl methyl sites for hydroxylation is 2. The van der Waals surface area contributed by atoms with Crippen molar-refractivity contribution in [1.82, 2.24) is 9.97 Å². The third-order valence-corrected chi connectivity index (χ3v) is 9.88. The Morgan fingerprint density at radius 2 is 1.05 bits per heavy atom. The summed E-state index contributed by atoms with van der Waals surface area (Å²) in [5, 5.41) is 38.3. The Labute approximate surface area is 328 Å². The lowest BCUT2D eigenvalue weighted by atomic mass is 10.1. The molecular weight excluding hydrogens is 765 g/mol. The number of likely N-dealkylation sites (N-methyl/N-ethyl adjacent to an activating group) is 2. The highest BCUT2D eigenvalue weighted by molar-refractivity contribution is 7.18. The minimum atomic E-state index is -0.526. The van der Waals surface area contributed by atoms with Crippen LogP contribution in [0.2, 0.25) is 0 Å². The standard InChI is InChI=1S/C36H36N10O8S2/c1-5-43(27-11-13-29(23(3)19-27)39-41-35-37-21-31(55-35)45(49)50)15-17-53-33(47)25-7-9-26(10-8-25)34(48)54-18-16-44(6-2)28-12-14-30(24(4)20-28)40-42-36-38-22-32(56-36)46(51)52/h7-14,19-22H,5-6,15-18H2,1-4H3. The van der Waals surface area contributed by atoms with Gasteiger partial charge in [0, 0.05) is 24.5 Å². The Hall–Kier alpha value is -6.54. The number of azo groups is 2. The Balaban J connectivity index is 1.06. The minimum Gasteiger partial charge on any atom is -0.460 e. The number of rotatable bonds is 18. The summed E-state index contributed by atoms with van der Waals surface area (Å²) in [6, 6.07) is 17.3. The van der Waals surface area contributed by atoms with Crippen molar-refractivity contribution in [3.8, 4) is 0 Å². The predicted molar refractivity (Wildman–Crippen MR) is 211 cm³/mol. The van der Waals surface area contributed by atoms with E-state index >= 15 is 0 Å². The zero-order chi connectivity index (χ0) is 40.2. The topological polar surface area (TPSA) is 221 Å². The molecule has 0 saturated heterocycles. The monoisotopic (exact) mass is 800 g/mol. The fraction of sp³-hybridized carbons (Fsp3) is 0.278. The van der Waals surface area contributed by atoms with E-state index < -0.39 is 21.8 Å². The van der Waals surface area contributed by atoms with E-state index in [1.165, 1.54) is 24.3 Å². The molecule has 0 N–H and O–H groups in total. The predicted octanol–water partition coefficient (Wildman–Crippen LogP) is 9.23. The molecule has 0 atom stereocenters. The van der Waals surface area contributed by atoms with Crippen LogP contribution in [0, 0.1) is 34.1 Å². The normalized spacial score (nSPS) is 11.2. The molecule has 290 valence electrons. The van der Waals surface area contributed by atoms with Gasteiger partial charge in [0.05, 0.1) is 45.4 Å². The molecular formula is C36H36N10O8S2. The fourth-order valence-corrected chi connectivity index (χ4v) is 6.32. The lowest BCUT2D eigenvalue weighted by Crippen LogP contribution is -2.28. The quantitative estimate of drug-likeness (QED) is 0.0350. The van der Waals surface area contributed by atoms with Crippen molar-refractivity contribution in [1.29, 1.82) is 0 Å². The molecule has 5 rings (SSSR count). The lowest BCUT2D eigenvalue weighted by Gasteiger charge is -2.23. The first-order chi connectivity index (χ1) is 26.9. The molecule has 0 aliphatic heterocycles.